The molecular weight excluding hydrogens is 230 g/mol. The molecule has 1 aromatic carbocycles. The number of anilines is 1. The van der Waals surface area contributed by atoms with Crippen LogP contribution >= 0.6 is 12.4 Å². The summed E-state index contributed by atoms with van der Waals surface area (Å²) in [6, 6.07) is 5.45. The SMILES string of the molecule is COc1ccc2c(c1)NCCC2C(=O)O.Cl. The van der Waals surface area contributed by atoms with Gasteiger partial charge in [-0.05, 0) is 18.1 Å². The zero-order chi connectivity index (χ0) is 10.8. The Morgan fingerprint density at radius 1 is 1.56 bits per heavy atom. The summed E-state index contributed by atoms with van der Waals surface area (Å²) in [6.45, 7) is 0.692. The summed E-state index contributed by atoms with van der Waals surface area (Å²) in [4.78, 5) is 11.0. The van der Waals surface area contributed by atoms with Crippen LogP contribution in [0.4, 0.5) is 5.69 Å². The topological polar surface area (TPSA) is 58.6 Å². The Bertz CT molecular complexity index is 395. The second kappa shape index (κ2) is 5.07. The first kappa shape index (κ1) is 12.6. The molecule has 0 aliphatic carbocycles. The Morgan fingerprint density at radius 3 is 2.94 bits per heavy atom. The molecule has 1 aliphatic rings. The number of aliphatic carboxylic acids is 1. The first-order valence-electron chi connectivity index (χ1n) is 4.87. The number of methoxy groups -OCH3 is 1. The van der Waals surface area contributed by atoms with Crippen molar-refractivity contribution in [3.8, 4) is 5.75 Å². The number of ether oxygens (including phenoxy) is 1. The Balaban J connectivity index is 0.00000128. The third kappa shape index (κ3) is 2.22. The number of hydrogen-bond donors (Lipinski definition) is 2. The minimum absolute atomic E-state index is 0. The molecule has 0 aromatic heterocycles. The van der Waals surface area contributed by atoms with Crippen molar-refractivity contribution in [2.75, 3.05) is 19.0 Å². The first-order valence-corrected chi connectivity index (χ1v) is 4.87. The number of carboxylic acids is 1. The van der Waals surface area contributed by atoms with E-state index in [1.807, 2.05) is 12.1 Å². The predicted molar refractivity (Wildman–Crippen MR) is 63.7 cm³/mol. The van der Waals surface area contributed by atoms with Crippen LogP contribution in [-0.2, 0) is 4.79 Å². The molecule has 0 radical (unpaired) electrons. The van der Waals surface area contributed by atoms with Gasteiger partial charge in [0, 0.05) is 18.3 Å². The molecule has 4 nitrogen and oxygen atoms in total. The van der Waals surface area contributed by atoms with E-state index < -0.39 is 11.9 Å². The van der Waals surface area contributed by atoms with Crippen molar-refractivity contribution in [3.63, 3.8) is 0 Å². The van der Waals surface area contributed by atoms with Crippen molar-refractivity contribution in [3.05, 3.63) is 23.8 Å². The number of carbonyl (C=O) groups is 1. The van der Waals surface area contributed by atoms with Gasteiger partial charge < -0.3 is 15.2 Å². The molecule has 88 valence electrons. The van der Waals surface area contributed by atoms with E-state index in [0.717, 1.165) is 17.0 Å². The maximum absolute atomic E-state index is 11.0. The highest BCUT2D eigenvalue weighted by Gasteiger charge is 2.25. The summed E-state index contributed by atoms with van der Waals surface area (Å²) >= 11 is 0. The Hall–Kier alpha value is -1.42. The Labute approximate surface area is 100 Å². The van der Waals surface area contributed by atoms with Crippen LogP contribution < -0.4 is 10.1 Å². The smallest absolute Gasteiger partial charge is 0.311 e. The molecule has 0 saturated carbocycles. The number of nitrogens with one attached hydrogen (secondary N) is 1. The highest BCUT2D eigenvalue weighted by molar-refractivity contribution is 5.85. The molecule has 0 bridgehead atoms. The quantitative estimate of drug-likeness (QED) is 0.835. The highest BCUT2D eigenvalue weighted by atomic mass is 35.5. The van der Waals surface area contributed by atoms with Crippen molar-refractivity contribution in [2.24, 2.45) is 0 Å². The van der Waals surface area contributed by atoms with Gasteiger partial charge >= 0.3 is 5.97 Å². The van der Waals surface area contributed by atoms with E-state index >= 15 is 0 Å². The number of carboxylic acid groups (broad SMARTS) is 1. The minimum atomic E-state index is -0.761. The summed E-state index contributed by atoms with van der Waals surface area (Å²) in [5, 5.41) is 12.2. The average molecular weight is 244 g/mol. The lowest BCUT2D eigenvalue weighted by atomic mass is 9.91. The summed E-state index contributed by atoms with van der Waals surface area (Å²) in [5.74, 6) is -0.414. The van der Waals surface area contributed by atoms with Gasteiger partial charge in [-0.15, -0.1) is 12.4 Å². The van der Waals surface area contributed by atoms with Gasteiger partial charge in [-0.3, -0.25) is 4.79 Å². The van der Waals surface area contributed by atoms with E-state index in [2.05, 4.69) is 5.32 Å². The van der Waals surface area contributed by atoms with Crippen molar-refractivity contribution in [1.82, 2.24) is 0 Å². The van der Waals surface area contributed by atoms with Crippen LogP contribution in [0.15, 0.2) is 18.2 Å². The molecule has 0 amide bonds. The zero-order valence-corrected chi connectivity index (χ0v) is 9.71. The molecule has 0 saturated heterocycles. The molecular formula is C11H14ClNO3. The molecule has 1 aliphatic heterocycles. The maximum Gasteiger partial charge on any atom is 0.311 e. The molecule has 1 aromatic rings. The van der Waals surface area contributed by atoms with Crippen LogP contribution in [0.5, 0.6) is 5.75 Å². The number of rotatable bonds is 2. The van der Waals surface area contributed by atoms with Crippen molar-refractivity contribution < 1.29 is 14.6 Å². The summed E-state index contributed by atoms with van der Waals surface area (Å²) < 4.78 is 5.09. The highest BCUT2D eigenvalue weighted by Crippen LogP contribution is 2.34. The van der Waals surface area contributed by atoms with Gasteiger partial charge in [0.25, 0.3) is 0 Å². The molecule has 1 atom stereocenters. The molecule has 16 heavy (non-hydrogen) atoms. The Kier molecular flexibility index (Phi) is 4.01. The van der Waals surface area contributed by atoms with Gasteiger partial charge in [-0.25, -0.2) is 0 Å². The molecule has 2 rings (SSSR count). The zero-order valence-electron chi connectivity index (χ0n) is 8.90. The Morgan fingerprint density at radius 2 is 2.31 bits per heavy atom. The fourth-order valence-electron chi connectivity index (χ4n) is 1.88. The van der Waals surface area contributed by atoms with Crippen LogP contribution in [0.2, 0.25) is 0 Å². The van der Waals surface area contributed by atoms with Crippen LogP contribution in [0.1, 0.15) is 17.9 Å². The average Bonchev–Trinajstić information content (AvgIpc) is 2.27. The van der Waals surface area contributed by atoms with Gasteiger partial charge in [0.1, 0.15) is 5.75 Å². The lowest BCUT2D eigenvalue weighted by Gasteiger charge is -2.24. The van der Waals surface area contributed by atoms with Crippen molar-refractivity contribution in [1.29, 1.82) is 0 Å². The third-order valence-corrected chi connectivity index (χ3v) is 2.68. The number of hydrogen-bond acceptors (Lipinski definition) is 3. The van der Waals surface area contributed by atoms with Crippen molar-refractivity contribution >= 4 is 24.1 Å². The van der Waals surface area contributed by atoms with Gasteiger partial charge in [-0.2, -0.15) is 0 Å². The molecule has 1 unspecified atom stereocenters. The second-order valence-corrected chi connectivity index (χ2v) is 3.56. The fraction of sp³-hybridized carbons (Fsp3) is 0.364. The number of halogens is 1. The number of benzene rings is 1. The summed E-state index contributed by atoms with van der Waals surface area (Å²) in [7, 11) is 1.60. The van der Waals surface area contributed by atoms with E-state index in [1.54, 1.807) is 13.2 Å². The molecule has 0 fully saturated rings. The van der Waals surface area contributed by atoms with Crippen LogP contribution in [-0.4, -0.2) is 24.7 Å². The van der Waals surface area contributed by atoms with Gasteiger partial charge in [-0.1, -0.05) is 6.07 Å². The standard InChI is InChI=1S/C11H13NO3.ClH/c1-15-7-2-3-8-9(11(13)14)4-5-12-10(8)6-7;/h2-3,6,9,12H,4-5H2,1H3,(H,13,14);1H. The minimum Gasteiger partial charge on any atom is -0.497 e. The maximum atomic E-state index is 11.0. The van der Waals surface area contributed by atoms with E-state index in [4.69, 9.17) is 9.84 Å². The van der Waals surface area contributed by atoms with Gasteiger partial charge in [0.2, 0.25) is 0 Å². The normalized spacial score (nSPS) is 17.7. The van der Waals surface area contributed by atoms with Gasteiger partial charge in [0.15, 0.2) is 0 Å². The first-order chi connectivity index (χ1) is 7.22. The third-order valence-electron chi connectivity index (χ3n) is 2.68. The van der Waals surface area contributed by atoms with E-state index in [1.165, 1.54) is 0 Å². The van der Waals surface area contributed by atoms with E-state index in [9.17, 15) is 4.79 Å². The van der Waals surface area contributed by atoms with Crippen LogP contribution in [0.3, 0.4) is 0 Å². The van der Waals surface area contributed by atoms with Gasteiger partial charge in [0.05, 0.1) is 13.0 Å². The molecule has 1 heterocycles. The van der Waals surface area contributed by atoms with Crippen molar-refractivity contribution in [2.45, 2.75) is 12.3 Å². The van der Waals surface area contributed by atoms with E-state index in [0.29, 0.717) is 13.0 Å². The second-order valence-electron chi connectivity index (χ2n) is 3.56. The monoisotopic (exact) mass is 243 g/mol. The molecule has 5 heteroatoms. The lowest BCUT2D eigenvalue weighted by Crippen LogP contribution is -2.22. The predicted octanol–water partition coefficient (Wildman–Crippen LogP) is 2.10. The molecule has 0 spiro atoms. The summed E-state index contributed by atoms with van der Waals surface area (Å²) in [5.41, 5.74) is 1.71. The lowest BCUT2D eigenvalue weighted by molar-refractivity contribution is -0.138. The largest absolute Gasteiger partial charge is 0.497 e. The van der Waals surface area contributed by atoms with Crippen LogP contribution in [0, 0.1) is 0 Å². The van der Waals surface area contributed by atoms with Crippen LogP contribution in [0.25, 0.3) is 0 Å². The fourth-order valence-corrected chi connectivity index (χ4v) is 1.88. The van der Waals surface area contributed by atoms with E-state index in [-0.39, 0.29) is 12.4 Å². The number of fused-ring (bicyclic) bond motifs is 1. The molecule has 2 N–H and O–H groups in total. The summed E-state index contributed by atoms with van der Waals surface area (Å²) in [6.07, 6.45) is 0.634.